The average molecular weight is 241 g/mol. The number of fused-ring (bicyclic) bond motifs is 1. The summed E-state index contributed by atoms with van der Waals surface area (Å²) in [5, 5.41) is 0. The fourth-order valence-corrected chi connectivity index (χ4v) is 2.03. The van der Waals surface area contributed by atoms with E-state index in [0.717, 1.165) is 22.2 Å². The molecule has 3 aromatic rings. The van der Waals surface area contributed by atoms with Crippen molar-refractivity contribution >= 4 is 16.7 Å². The van der Waals surface area contributed by atoms with Crippen LogP contribution in [0.4, 0.5) is 10.1 Å². The van der Waals surface area contributed by atoms with Crippen LogP contribution in [0.25, 0.3) is 22.4 Å². The molecule has 0 fully saturated rings. The van der Waals surface area contributed by atoms with Crippen LogP contribution >= 0.6 is 0 Å². The SMILES string of the molecule is Cc1ccc(F)cc1-c1nc2c(N)cccc2[nH]1. The number of nitrogens with two attached hydrogens (primary N) is 1. The highest BCUT2D eigenvalue weighted by Crippen LogP contribution is 2.26. The van der Waals surface area contributed by atoms with Crippen molar-refractivity contribution in [3.63, 3.8) is 0 Å². The van der Waals surface area contributed by atoms with E-state index in [0.29, 0.717) is 11.5 Å². The number of aromatic amines is 1. The summed E-state index contributed by atoms with van der Waals surface area (Å²) in [7, 11) is 0. The summed E-state index contributed by atoms with van der Waals surface area (Å²) in [5.74, 6) is 0.365. The van der Waals surface area contributed by atoms with Crippen molar-refractivity contribution in [2.45, 2.75) is 6.92 Å². The Hall–Kier alpha value is -2.36. The number of hydrogen-bond acceptors (Lipinski definition) is 2. The number of halogens is 1. The second-order valence-electron chi connectivity index (χ2n) is 4.29. The summed E-state index contributed by atoms with van der Waals surface area (Å²) in [6.07, 6.45) is 0. The zero-order valence-corrected chi connectivity index (χ0v) is 9.87. The molecule has 0 aliphatic carbocycles. The van der Waals surface area contributed by atoms with E-state index in [1.54, 1.807) is 12.1 Å². The first-order valence-electron chi connectivity index (χ1n) is 5.66. The second kappa shape index (κ2) is 3.84. The van der Waals surface area contributed by atoms with E-state index in [-0.39, 0.29) is 5.82 Å². The highest BCUT2D eigenvalue weighted by molar-refractivity contribution is 5.89. The molecule has 0 saturated heterocycles. The molecule has 0 spiro atoms. The summed E-state index contributed by atoms with van der Waals surface area (Å²) in [5.41, 5.74) is 9.77. The maximum Gasteiger partial charge on any atom is 0.138 e. The Balaban J connectivity index is 2.26. The van der Waals surface area contributed by atoms with E-state index in [2.05, 4.69) is 9.97 Å². The van der Waals surface area contributed by atoms with E-state index >= 15 is 0 Å². The van der Waals surface area contributed by atoms with E-state index < -0.39 is 0 Å². The number of rotatable bonds is 1. The first kappa shape index (κ1) is 10.8. The Morgan fingerprint density at radius 1 is 1.22 bits per heavy atom. The van der Waals surface area contributed by atoms with Gasteiger partial charge in [-0.2, -0.15) is 0 Å². The van der Waals surface area contributed by atoms with Crippen molar-refractivity contribution in [3.05, 3.63) is 47.8 Å². The molecule has 0 radical (unpaired) electrons. The van der Waals surface area contributed by atoms with Crippen LogP contribution in [0.15, 0.2) is 36.4 Å². The van der Waals surface area contributed by atoms with E-state index in [1.807, 2.05) is 19.1 Å². The van der Waals surface area contributed by atoms with Gasteiger partial charge < -0.3 is 10.7 Å². The van der Waals surface area contributed by atoms with Crippen LogP contribution in [0.1, 0.15) is 5.56 Å². The van der Waals surface area contributed by atoms with Crippen LogP contribution in [-0.2, 0) is 0 Å². The third kappa shape index (κ3) is 1.62. The predicted molar refractivity (Wildman–Crippen MR) is 70.6 cm³/mol. The van der Waals surface area contributed by atoms with Gasteiger partial charge >= 0.3 is 0 Å². The minimum atomic E-state index is -0.274. The molecule has 1 aromatic heterocycles. The smallest absolute Gasteiger partial charge is 0.138 e. The van der Waals surface area contributed by atoms with Crippen molar-refractivity contribution in [3.8, 4) is 11.4 Å². The normalized spacial score (nSPS) is 11.0. The molecular formula is C14H12FN3. The molecule has 1 heterocycles. The lowest BCUT2D eigenvalue weighted by Crippen LogP contribution is -1.87. The number of para-hydroxylation sites is 1. The Morgan fingerprint density at radius 2 is 2.06 bits per heavy atom. The molecule has 3 rings (SSSR count). The van der Waals surface area contributed by atoms with Crippen LogP contribution in [0.2, 0.25) is 0 Å². The van der Waals surface area contributed by atoms with E-state index in [9.17, 15) is 4.39 Å². The molecule has 0 bridgehead atoms. The van der Waals surface area contributed by atoms with Crippen molar-refractivity contribution < 1.29 is 4.39 Å². The second-order valence-corrected chi connectivity index (χ2v) is 4.29. The van der Waals surface area contributed by atoms with Crippen molar-refractivity contribution in [2.75, 3.05) is 5.73 Å². The summed E-state index contributed by atoms with van der Waals surface area (Å²) >= 11 is 0. The molecule has 90 valence electrons. The maximum absolute atomic E-state index is 13.3. The van der Waals surface area contributed by atoms with Crippen molar-refractivity contribution in [2.24, 2.45) is 0 Å². The zero-order valence-electron chi connectivity index (χ0n) is 9.87. The molecule has 0 aliphatic rings. The van der Waals surface area contributed by atoms with Gasteiger partial charge in [-0.1, -0.05) is 12.1 Å². The minimum Gasteiger partial charge on any atom is -0.397 e. The van der Waals surface area contributed by atoms with E-state index in [1.165, 1.54) is 12.1 Å². The third-order valence-corrected chi connectivity index (χ3v) is 3.00. The molecule has 0 saturated carbocycles. The Bertz CT molecular complexity index is 731. The molecule has 4 heteroatoms. The van der Waals surface area contributed by atoms with Crippen LogP contribution in [-0.4, -0.2) is 9.97 Å². The summed E-state index contributed by atoms with van der Waals surface area (Å²) in [4.78, 5) is 7.60. The standard InChI is InChI=1S/C14H12FN3/c1-8-5-6-9(15)7-10(8)14-17-12-4-2-3-11(16)13(12)18-14/h2-7H,16H2,1H3,(H,17,18). The zero-order chi connectivity index (χ0) is 12.7. The largest absolute Gasteiger partial charge is 0.397 e. The van der Waals surface area contributed by atoms with Crippen LogP contribution < -0.4 is 5.73 Å². The number of imidazole rings is 1. The first-order chi connectivity index (χ1) is 8.65. The molecule has 0 atom stereocenters. The van der Waals surface area contributed by atoms with Gasteiger partial charge in [0.2, 0.25) is 0 Å². The Labute approximate surface area is 103 Å². The average Bonchev–Trinajstić information content (AvgIpc) is 2.77. The molecule has 3 N–H and O–H groups in total. The lowest BCUT2D eigenvalue weighted by Gasteiger charge is -2.01. The predicted octanol–water partition coefficient (Wildman–Crippen LogP) is 3.26. The topological polar surface area (TPSA) is 54.7 Å². The van der Waals surface area contributed by atoms with Gasteiger partial charge in [0.25, 0.3) is 0 Å². The number of nitrogens with one attached hydrogen (secondary N) is 1. The van der Waals surface area contributed by atoms with Gasteiger partial charge in [-0.25, -0.2) is 9.37 Å². The molecular weight excluding hydrogens is 229 g/mol. The summed E-state index contributed by atoms with van der Waals surface area (Å²) in [6, 6.07) is 10.2. The van der Waals surface area contributed by atoms with Crippen LogP contribution in [0, 0.1) is 12.7 Å². The van der Waals surface area contributed by atoms with Gasteiger partial charge in [-0.15, -0.1) is 0 Å². The van der Waals surface area contributed by atoms with Crippen molar-refractivity contribution in [1.29, 1.82) is 0 Å². The van der Waals surface area contributed by atoms with Crippen LogP contribution in [0.3, 0.4) is 0 Å². The monoisotopic (exact) mass is 241 g/mol. The Kier molecular flexibility index (Phi) is 2.30. The van der Waals surface area contributed by atoms with Gasteiger partial charge in [-0.05, 0) is 36.8 Å². The molecule has 0 unspecified atom stereocenters. The van der Waals surface area contributed by atoms with E-state index in [4.69, 9.17) is 5.73 Å². The Morgan fingerprint density at radius 3 is 2.83 bits per heavy atom. The fourth-order valence-electron chi connectivity index (χ4n) is 2.03. The third-order valence-electron chi connectivity index (χ3n) is 3.00. The van der Waals surface area contributed by atoms with Gasteiger partial charge in [0.05, 0.1) is 11.2 Å². The molecule has 0 amide bonds. The summed E-state index contributed by atoms with van der Waals surface area (Å²) in [6.45, 7) is 1.92. The number of hydrogen-bond donors (Lipinski definition) is 2. The molecule has 2 aromatic carbocycles. The number of aromatic nitrogens is 2. The quantitative estimate of drug-likeness (QED) is 0.642. The van der Waals surface area contributed by atoms with Gasteiger partial charge in [0, 0.05) is 5.56 Å². The number of aryl methyl sites for hydroxylation is 1. The lowest BCUT2D eigenvalue weighted by atomic mass is 10.1. The highest BCUT2D eigenvalue weighted by Gasteiger charge is 2.10. The molecule has 3 nitrogen and oxygen atoms in total. The highest BCUT2D eigenvalue weighted by atomic mass is 19.1. The number of benzene rings is 2. The molecule has 18 heavy (non-hydrogen) atoms. The summed E-state index contributed by atoms with van der Waals surface area (Å²) < 4.78 is 13.3. The lowest BCUT2D eigenvalue weighted by molar-refractivity contribution is 0.628. The first-order valence-corrected chi connectivity index (χ1v) is 5.66. The number of nitrogens with zero attached hydrogens (tertiary/aromatic N) is 1. The minimum absolute atomic E-state index is 0.274. The number of anilines is 1. The van der Waals surface area contributed by atoms with Crippen LogP contribution in [0.5, 0.6) is 0 Å². The molecule has 0 aliphatic heterocycles. The fraction of sp³-hybridized carbons (Fsp3) is 0.0714. The number of nitrogen functional groups attached to an aromatic ring is 1. The number of H-pyrrole nitrogens is 1. The van der Waals surface area contributed by atoms with Gasteiger partial charge in [0.1, 0.15) is 17.2 Å². The van der Waals surface area contributed by atoms with Gasteiger partial charge in [-0.3, -0.25) is 0 Å². The van der Waals surface area contributed by atoms with Gasteiger partial charge in [0.15, 0.2) is 0 Å². The van der Waals surface area contributed by atoms with Crippen molar-refractivity contribution in [1.82, 2.24) is 9.97 Å². The maximum atomic E-state index is 13.3.